The van der Waals surface area contributed by atoms with Gasteiger partial charge in [-0.25, -0.2) is 12.8 Å². The molecule has 3 rings (SSSR count). The van der Waals surface area contributed by atoms with Gasteiger partial charge in [0.15, 0.2) is 0 Å². The van der Waals surface area contributed by atoms with Crippen LogP contribution in [0.15, 0.2) is 18.2 Å². The van der Waals surface area contributed by atoms with E-state index in [1.54, 1.807) is 7.05 Å². The molecule has 1 aromatic heterocycles. The summed E-state index contributed by atoms with van der Waals surface area (Å²) in [5.74, 6) is -1.71. The first-order chi connectivity index (χ1) is 13.4. The molecular weight excluding hydrogens is 423 g/mol. The molecular formula is C18H22ClFN4O4S. The standard InChI is InChI=1S/C18H22ClFN4O4S/c1-24-16(21)14(17(25)22-11-3-4-13(20)12(19)7-11)15(23-24)10-5-6-18(26,8-10)9-29(2,27)28/h3-4,7,10,26H,5-6,8-9,21H2,1-2H3,(H,22,25)/t10-,18-/m0/s1. The molecule has 1 amide bonds. The number of anilines is 2. The van der Waals surface area contributed by atoms with E-state index in [2.05, 4.69) is 10.4 Å². The average Bonchev–Trinajstić information content (AvgIpc) is 3.10. The van der Waals surface area contributed by atoms with Crippen LogP contribution in [-0.2, 0) is 16.9 Å². The topological polar surface area (TPSA) is 127 Å². The number of rotatable bonds is 5. The monoisotopic (exact) mass is 444 g/mol. The van der Waals surface area contributed by atoms with Crippen molar-refractivity contribution >= 4 is 38.9 Å². The van der Waals surface area contributed by atoms with Gasteiger partial charge in [0.1, 0.15) is 27.0 Å². The molecule has 1 aromatic carbocycles. The molecule has 4 N–H and O–H groups in total. The maximum atomic E-state index is 13.3. The van der Waals surface area contributed by atoms with Gasteiger partial charge in [-0.1, -0.05) is 11.6 Å². The minimum atomic E-state index is -3.37. The summed E-state index contributed by atoms with van der Waals surface area (Å²) in [4.78, 5) is 12.9. The highest BCUT2D eigenvalue weighted by Gasteiger charge is 2.43. The van der Waals surface area contributed by atoms with Gasteiger partial charge in [-0.2, -0.15) is 5.10 Å². The van der Waals surface area contributed by atoms with Gasteiger partial charge in [-0.15, -0.1) is 0 Å². The molecule has 1 heterocycles. The maximum Gasteiger partial charge on any atom is 0.261 e. The summed E-state index contributed by atoms with van der Waals surface area (Å²) in [6.45, 7) is 0. The second-order valence-corrected chi connectivity index (χ2v) is 10.1. The van der Waals surface area contributed by atoms with E-state index in [1.807, 2.05) is 0 Å². The number of benzene rings is 1. The van der Waals surface area contributed by atoms with Gasteiger partial charge in [-0.3, -0.25) is 9.48 Å². The molecule has 1 aliphatic rings. The van der Waals surface area contributed by atoms with Gasteiger partial charge in [-0.05, 0) is 37.5 Å². The number of aromatic nitrogens is 2. The highest BCUT2D eigenvalue weighted by Crippen LogP contribution is 2.43. The molecule has 0 aliphatic heterocycles. The molecule has 0 saturated heterocycles. The summed E-state index contributed by atoms with van der Waals surface area (Å²) in [6, 6.07) is 3.78. The zero-order valence-corrected chi connectivity index (χ0v) is 17.5. The summed E-state index contributed by atoms with van der Waals surface area (Å²) in [6.07, 6.45) is 1.96. The van der Waals surface area contributed by atoms with Crippen LogP contribution in [0, 0.1) is 5.82 Å². The van der Waals surface area contributed by atoms with E-state index in [1.165, 1.54) is 16.8 Å². The van der Waals surface area contributed by atoms with Crippen LogP contribution in [0.4, 0.5) is 15.9 Å². The zero-order valence-electron chi connectivity index (χ0n) is 15.9. The second-order valence-electron chi connectivity index (χ2n) is 7.59. The summed E-state index contributed by atoms with van der Waals surface area (Å²) in [5, 5.41) is 17.5. The van der Waals surface area contributed by atoms with Crippen LogP contribution in [0.2, 0.25) is 5.02 Å². The number of carbonyl (C=O) groups is 1. The Bertz CT molecular complexity index is 1070. The van der Waals surface area contributed by atoms with Gasteiger partial charge in [0, 0.05) is 24.9 Å². The molecule has 0 bridgehead atoms. The van der Waals surface area contributed by atoms with E-state index in [0.717, 1.165) is 12.3 Å². The van der Waals surface area contributed by atoms with Gasteiger partial charge >= 0.3 is 0 Å². The first-order valence-electron chi connectivity index (χ1n) is 8.87. The predicted octanol–water partition coefficient (Wildman–Crippen LogP) is 2.09. The first kappa shape index (κ1) is 21.5. The minimum Gasteiger partial charge on any atom is -0.389 e. The van der Waals surface area contributed by atoms with Crippen LogP contribution < -0.4 is 11.1 Å². The highest BCUT2D eigenvalue weighted by atomic mass is 35.5. The van der Waals surface area contributed by atoms with Crippen LogP contribution in [0.5, 0.6) is 0 Å². The number of nitrogens with one attached hydrogen (secondary N) is 1. The molecule has 158 valence electrons. The molecule has 0 unspecified atom stereocenters. The third kappa shape index (κ3) is 4.71. The maximum absolute atomic E-state index is 13.3. The highest BCUT2D eigenvalue weighted by molar-refractivity contribution is 7.90. The number of aryl methyl sites for hydroxylation is 1. The third-order valence-electron chi connectivity index (χ3n) is 5.03. The van der Waals surface area contributed by atoms with E-state index < -0.39 is 27.2 Å². The van der Waals surface area contributed by atoms with Gasteiger partial charge in [0.2, 0.25) is 0 Å². The van der Waals surface area contributed by atoms with E-state index in [0.29, 0.717) is 12.1 Å². The number of nitrogens with two attached hydrogens (primary N) is 1. The van der Waals surface area contributed by atoms with E-state index >= 15 is 0 Å². The summed E-state index contributed by atoms with van der Waals surface area (Å²) < 4.78 is 37.9. The van der Waals surface area contributed by atoms with Gasteiger partial charge < -0.3 is 16.2 Å². The SMILES string of the molecule is Cn1nc([C@H]2CC[C@@](O)(CS(C)(=O)=O)C2)c(C(=O)Nc2ccc(F)c(Cl)c2)c1N. The normalized spacial score (nSPS) is 22.0. The molecule has 0 radical (unpaired) electrons. The molecule has 1 saturated carbocycles. The Morgan fingerprint density at radius 1 is 1.52 bits per heavy atom. The van der Waals surface area contributed by atoms with Gasteiger partial charge in [0.05, 0.1) is 22.1 Å². The van der Waals surface area contributed by atoms with Gasteiger partial charge in [0.25, 0.3) is 5.91 Å². The lowest BCUT2D eigenvalue weighted by atomic mass is 9.96. The average molecular weight is 445 g/mol. The molecule has 0 spiro atoms. The Balaban J connectivity index is 1.88. The lowest BCUT2D eigenvalue weighted by molar-refractivity contribution is 0.0696. The van der Waals surface area contributed by atoms with Crippen molar-refractivity contribution in [2.24, 2.45) is 7.05 Å². The van der Waals surface area contributed by atoms with Crippen molar-refractivity contribution in [1.82, 2.24) is 9.78 Å². The Morgan fingerprint density at radius 3 is 2.83 bits per heavy atom. The molecule has 11 heteroatoms. The van der Waals surface area contributed by atoms with Crippen LogP contribution in [0.3, 0.4) is 0 Å². The van der Waals surface area contributed by atoms with Crippen molar-refractivity contribution in [2.45, 2.75) is 30.8 Å². The van der Waals surface area contributed by atoms with Crippen molar-refractivity contribution in [1.29, 1.82) is 0 Å². The third-order valence-corrected chi connectivity index (χ3v) is 6.38. The molecule has 29 heavy (non-hydrogen) atoms. The van der Waals surface area contributed by atoms with Crippen LogP contribution >= 0.6 is 11.6 Å². The number of aliphatic hydroxyl groups is 1. The second kappa shape index (κ2) is 7.58. The molecule has 2 atom stereocenters. The van der Waals surface area contributed by atoms with Crippen LogP contribution in [0.1, 0.15) is 41.2 Å². The molecule has 2 aromatic rings. The summed E-state index contributed by atoms with van der Waals surface area (Å²) in [5.41, 5.74) is 5.49. The smallest absolute Gasteiger partial charge is 0.261 e. The van der Waals surface area contributed by atoms with Crippen LogP contribution in [0.25, 0.3) is 0 Å². The fraction of sp³-hybridized carbons (Fsp3) is 0.444. The zero-order chi connectivity index (χ0) is 21.6. The molecule has 8 nitrogen and oxygen atoms in total. The van der Waals surface area contributed by atoms with E-state index in [9.17, 15) is 22.7 Å². The number of halogens is 2. The number of amides is 1. The van der Waals surface area contributed by atoms with Crippen molar-refractivity contribution in [3.05, 3.63) is 40.3 Å². The summed E-state index contributed by atoms with van der Waals surface area (Å²) >= 11 is 5.75. The fourth-order valence-corrected chi connectivity index (χ4v) is 5.22. The number of hydrogen-bond donors (Lipinski definition) is 3. The molecule has 1 aliphatic carbocycles. The van der Waals surface area contributed by atoms with E-state index in [-0.39, 0.29) is 46.6 Å². The number of hydrogen-bond acceptors (Lipinski definition) is 6. The molecule has 1 fully saturated rings. The van der Waals surface area contributed by atoms with Crippen molar-refractivity contribution in [2.75, 3.05) is 23.1 Å². The Hall–Kier alpha value is -2.17. The lowest BCUT2D eigenvalue weighted by Crippen LogP contribution is -2.34. The summed E-state index contributed by atoms with van der Waals surface area (Å²) in [7, 11) is -1.79. The van der Waals surface area contributed by atoms with Crippen molar-refractivity contribution in [3.63, 3.8) is 0 Å². The number of carbonyl (C=O) groups excluding carboxylic acids is 1. The number of sulfone groups is 1. The Labute approximate surface area is 172 Å². The van der Waals surface area contributed by atoms with E-state index in [4.69, 9.17) is 17.3 Å². The fourth-order valence-electron chi connectivity index (χ4n) is 3.80. The van der Waals surface area contributed by atoms with Crippen molar-refractivity contribution < 1.29 is 22.7 Å². The largest absolute Gasteiger partial charge is 0.389 e. The lowest BCUT2D eigenvalue weighted by Gasteiger charge is -2.21. The first-order valence-corrected chi connectivity index (χ1v) is 11.3. The number of nitrogens with zero attached hydrogens (tertiary/aromatic N) is 2. The Morgan fingerprint density at radius 2 is 2.21 bits per heavy atom. The minimum absolute atomic E-state index is 0.129. The predicted molar refractivity (Wildman–Crippen MR) is 108 cm³/mol. The Kier molecular flexibility index (Phi) is 5.63. The number of nitrogen functional groups attached to an aromatic ring is 1. The van der Waals surface area contributed by atoms with Crippen molar-refractivity contribution in [3.8, 4) is 0 Å². The van der Waals surface area contributed by atoms with Crippen LogP contribution in [-0.4, -0.2) is 46.8 Å². The quantitative estimate of drug-likeness (QED) is 0.648.